The van der Waals surface area contributed by atoms with Crippen molar-refractivity contribution in [2.45, 2.75) is 52.0 Å². The molecule has 0 spiro atoms. The van der Waals surface area contributed by atoms with Gasteiger partial charge in [0.2, 0.25) is 10.0 Å². The summed E-state index contributed by atoms with van der Waals surface area (Å²) in [5.41, 5.74) is 3.34. The molecule has 0 aromatic heterocycles. The Morgan fingerprint density at radius 3 is 2.39 bits per heavy atom. The van der Waals surface area contributed by atoms with Gasteiger partial charge >= 0.3 is 0 Å². The third kappa shape index (κ3) is 5.98. The van der Waals surface area contributed by atoms with E-state index < -0.39 is 10.0 Å². The maximum Gasteiger partial charge on any atom is 0.229 e. The van der Waals surface area contributed by atoms with Gasteiger partial charge in [-0.1, -0.05) is 19.9 Å². The van der Waals surface area contributed by atoms with E-state index in [0.717, 1.165) is 25.9 Å². The highest BCUT2D eigenvalue weighted by molar-refractivity contribution is 7.92. The quantitative estimate of drug-likeness (QED) is 0.810. The fourth-order valence-electron chi connectivity index (χ4n) is 3.38. The topological polar surface area (TPSA) is 49.4 Å². The molecule has 0 saturated carbocycles. The molecule has 1 aliphatic carbocycles. The predicted molar refractivity (Wildman–Crippen MR) is 100 cm³/mol. The summed E-state index contributed by atoms with van der Waals surface area (Å²) in [4.78, 5) is 2.60. The van der Waals surface area contributed by atoms with Gasteiger partial charge in [-0.3, -0.25) is 4.72 Å². The van der Waals surface area contributed by atoms with Crippen LogP contribution < -0.4 is 4.72 Å². The smallest absolute Gasteiger partial charge is 0.229 e. The van der Waals surface area contributed by atoms with Crippen LogP contribution in [0.2, 0.25) is 0 Å². The van der Waals surface area contributed by atoms with Gasteiger partial charge in [0.05, 0.1) is 6.26 Å². The summed E-state index contributed by atoms with van der Waals surface area (Å²) in [6.45, 7) is 6.76. The van der Waals surface area contributed by atoms with Crippen LogP contribution >= 0.6 is 12.4 Å². The Bertz CT molecular complexity index is 599. The second-order valence-corrected chi connectivity index (χ2v) is 8.04. The molecule has 4 nitrogen and oxygen atoms in total. The molecule has 1 atom stereocenters. The van der Waals surface area contributed by atoms with Gasteiger partial charge in [-0.15, -0.1) is 12.4 Å². The average molecular weight is 361 g/mol. The third-order valence-corrected chi connectivity index (χ3v) is 4.86. The van der Waals surface area contributed by atoms with E-state index in [9.17, 15) is 8.42 Å². The van der Waals surface area contributed by atoms with Crippen LogP contribution in [0.5, 0.6) is 0 Å². The van der Waals surface area contributed by atoms with E-state index in [-0.39, 0.29) is 12.4 Å². The van der Waals surface area contributed by atoms with Gasteiger partial charge in [0.1, 0.15) is 0 Å². The fraction of sp³-hybridized carbons (Fsp3) is 0.647. The van der Waals surface area contributed by atoms with Crippen LogP contribution in [0.25, 0.3) is 0 Å². The number of hydrogen-bond acceptors (Lipinski definition) is 3. The first-order valence-corrected chi connectivity index (χ1v) is 10.2. The van der Waals surface area contributed by atoms with E-state index in [1.807, 2.05) is 12.1 Å². The van der Waals surface area contributed by atoms with Gasteiger partial charge < -0.3 is 4.90 Å². The van der Waals surface area contributed by atoms with Crippen LogP contribution in [0, 0.1) is 0 Å². The van der Waals surface area contributed by atoms with E-state index >= 15 is 0 Å². The summed E-state index contributed by atoms with van der Waals surface area (Å²) < 4.78 is 25.4. The van der Waals surface area contributed by atoms with Gasteiger partial charge in [-0.05, 0) is 68.5 Å². The number of aryl methyl sites for hydroxylation is 1. The van der Waals surface area contributed by atoms with Crippen molar-refractivity contribution >= 4 is 28.1 Å². The lowest BCUT2D eigenvalue weighted by molar-refractivity contribution is 0.180. The van der Waals surface area contributed by atoms with Crippen molar-refractivity contribution in [2.75, 3.05) is 24.1 Å². The van der Waals surface area contributed by atoms with Crippen molar-refractivity contribution in [2.24, 2.45) is 0 Å². The third-order valence-electron chi connectivity index (χ3n) is 4.25. The Labute approximate surface area is 147 Å². The minimum Gasteiger partial charge on any atom is -0.300 e. The minimum atomic E-state index is -3.21. The summed E-state index contributed by atoms with van der Waals surface area (Å²) in [6, 6.07) is 6.54. The Hall–Kier alpha value is -0.780. The minimum absolute atomic E-state index is 0. The van der Waals surface area contributed by atoms with Gasteiger partial charge in [-0.25, -0.2) is 8.42 Å². The molecule has 0 saturated heterocycles. The monoisotopic (exact) mass is 360 g/mol. The first-order chi connectivity index (χ1) is 10.4. The molecule has 0 radical (unpaired) electrons. The molecule has 1 N–H and O–H groups in total. The van der Waals surface area contributed by atoms with E-state index in [1.165, 1.54) is 36.6 Å². The van der Waals surface area contributed by atoms with E-state index in [2.05, 4.69) is 29.5 Å². The molecular formula is C17H29ClN2O2S. The number of anilines is 1. The second-order valence-electron chi connectivity index (χ2n) is 6.29. The normalized spacial score (nSPS) is 17.5. The summed E-state index contributed by atoms with van der Waals surface area (Å²) in [6.07, 6.45) is 6.86. The molecule has 1 aliphatic rings. The van der Waals surface area contributed by atoms with E-state index in [1.54, 1.807) is 0 Å². The van der Waals surface area contributed by atoms with Crippen LogP contribution in [0.1, 0.15) is 44.2 Å². The molecule has 0 heterocycles. The molecule has 1 aromatic carbocycles. The van der Waals surface area contributed by atoms with Crippen molar-refractivity contribution in [1.82, 2.24) is 4.90 Å². The summed E-state index contributed by atoms with van der Waals surface area (Å²) >= 11 is 0. The SMILES string of the molecule is CCCN(CCC)C1CCc2ccc(NS(C)(=O)=O)cc2C1.Cl. The average Bonchev–Trinajstić information content (AvgIpc) is 2.44. The van der Waals surface area contributed by atoms with E-state index in [0.29, 0.717) is 11.7 Å². The maximum absolute atomic E-state index is 11.4. The molecule has 0 aliphatic heterocycles. The lowest BCUT2D eigenvalue weighted by atomic mass is 9.87. The van der Waals surface area contributed by atoms with Crippen molar-refractivity contribution < 1.29 is 8.42 Å². The lowest BCUT2D eigenvalue weighted by Crippen LogP contribution is -2.40. The number of rotatable bonds is 7. The van der Waals surface area contributed by atoms with Crippen molar-refractivity contribution in [3.8, 4) is 0 Å². The second kappa shape index (κ2) is 8.90. The molecule has 6 heteroatoms. The Balaban J connectivity index is 0.00000264. The largest absolute Gasteiger partial charge is 0.300 e. The van der Waals surface area contributed by atoms with Gasteiger partial charge in [0.15, 0.2) is 0 Å². The summed E-state index contributed by atoms with van der Waals surface area (Å²) in [5, 5.41) is 0. The first-order valence-electron chi connectivity index (χ1n) is 8.26. The zero-order valence-corrected chi connectivity index (χ0v) is 16.0. The molecule has 132 valence electrons. The van der Waals surface area contributed by atoms with Gasteiger partial charge in [0, 0.05) is 11.7 Å². The number of nitrogens with one attached hydrogen (secondary N) is 1. The summed E-state index contributed by atoms with van der Waals surface area (Å²) in [7, 11) is -3.21. The number of fused-ring (bicyclic) bond motifs is 1. The highest BCUT2D eigenvalue weighted by atomic mass is 35.5. The van der Waals surface area contributed by atoms with Crippen LogP contribution in [0.15, 0.2) is 18.2 Å². The van der Waals surface area contributed by atoms with Crippen molar-refractivity contribution in [3.63, 3.8) is 0 Å². The molecular weight excluding hydrogens is 332 g/mol. The Morgan fingerprint density at radius 2 is 1.83 bits per heavy atom. The Morgan fingerprint density at radius 1 is 1.17 bits per heavy atom. The number of nitrogens with zero attached hydrogens (tertiary/aromatic N) is 1. The number of benzene rings is 1. The molecule has 0 fully saturated rings. The lowest BCUT2D eigenvalue weighted by Gasteiger charge is -2.35. The maximum atomic E-state index is 11.4. The van der Waals surface area contributed by atoms with Gasteiger partial charge in [0.25, 0.3) is 0 Å². The van der Waals surface area contributed by atoms with Gasteiger partial charge in [-0.2, -0.15) is 0 Å². The van der Waals surface area contributed by atoms with Crippen LogP contribution in [-0.2, 0) is 22.9 Å². The fourth-order valence-corrected chi connectivity index (χ4v) is 3.93. The molecule has 0 amide bonds. The van der Waals surface area contributed by atoms with Crippen LogP contribution in [0.4, 0.5) is 5.69 Å². The highest BCUT2D eigenvalue weighted by Crippen LogP contribution is 2.27. The molecule has 2 rings (SSSR count). The first kappa shape index (κ1) is 20.3. The zero-order chi connectivity index (χ0) is 16.2. The zero-order valence-electron chi connectivity index (χ0n) is 14.3. The molecule has 1 aromatic rings. The Kier molecular flexibility index (Phi) is 7.84. The molecule has 1 unspecified atom stereocenters. The van der Waals surface area contributed by atoms with Crippen LogP contribution in [0.3, 0.4) is 0 Å². The number of halogens is 1. The van der Waals surface area contributed by atoms with E-state index in [4.69, 9.17) is 0 Å². The predicted octanol–water partition coefficient (Wildman–Crippen LogP) is 3.46. The van der Waals surface area contributed by atoms with Crippen molar-refractivity contribution in [1.29, 1.82) is 0 Å². The molecule has 0 bridgehead atoms. The molecule has 23 heavy (non-hydrogen) atoms. The number of sulfonamides is 1. The van der Waals surface area contributed by atoms with Crippen LogP contribution in [-0.4, -0.2) is 38.7 Å². The summed E-state index contributed by atoms with van der Waals surface area (Å²) in [5.74, 6) is 0. The van der Waals surface area contributed by atoms with Crippen molar-refractivity contribution in [3.05, 3.63) is 29.3 Å². The standard InChI is InChI=1S/C17H28N2O2S.ClH/c1-4-10-19(11-5-2)17-9-7-14-6-8-16(12-15(14)13-17)18-22(3,20)21;/h6,8,12,17-18H,4-5,7,9-11,13H2,1-3H3;1H. The number of hydrogen-bond donors (Lipinski definition) is 1. The highest BCUT2D eigenvalue weighted by Gasteiger charge is 2.23.